The van der Waals surface area contributed by atoms with Gasteiger partial charge in [0.2, 0.25) is 5.43 Å². The Morgan fingerprint density at radius 2 is 1.67 bits per heavy atom. The Labute approximate surface area is 192 Å². The van der Waals surface area contributed by atoms with Crippen molar-refractivity contribution >= 4 is 21.9 Å². The van der Waals surface area contributed by atoms with Crippen LogP contribution in [0.2, 0.25) is 0 Å². The number of fused-ring (bicyclic) bond motifs is 2. The number of hydrogen-bond donors (Lipinski definition) is 2. The summed E-state index contributed by atoms with van der Waals surface area (Å²) in [6.45, 7) is 2.40. The SMILES string of the molecule is CN(CCCCCCOc1cc(O)c2c(=O)c3ccccc3oc2c1)Cc1ccc(O)cc1. The topological polar surface area (TPSA) is 83.1 Å². The zero-order valence-corrected chi connectivity index (χ0v) is 18.8. The Hall–Kier alpha value is -3.51. The molecular weight excluding hydrogens is 418 g/mol. The Kier molecular flexibility index (Phi) is 7.15. The van der Waals surface area contributed by atoms with Gasteiger partial charge in [0.15, 0.2) is 0 Å². The van der Waals surface area contributed by atoms with Crippen LogP contribution in [0.3, 0.4) is 0 Å². The van der Waals surface area contributed by atoms with Gasteiger partial charge in [-0.25, -0.2) is 0 Å². The smallest absolute Gasteiger partial charge is 0.204 e. The molecule has 0 aliphatic carbocycles. The van der Waals surface area contributed by atoms with Crippen molar-refractivity contribution < 1.29 is 19.4 Å². The van der Waals surface area contributed by atoms with E-state index < -0.39 is 0 Å². The second kappa shape index (κ2) is 10.4. The summed E-state index contributed by atoms with van der Waals surface area (Å²) in [5, 5.41) is 20.4. The van der Waals surface area contributed by atoms with Crippen LogP contribution in [0.5, 0.6) is 17.2 Å². The molecule has 0 spiro atoms. The average molecular weight is 448 g/mol. The molecule has 0 saturated heterocycles. The van der Waals surface area contributed by atoms with E-state index in [-0.39, 0.29) is 16.6 Å². The molecule has 0 bridgehead atoms. The van der Waals surface area contributed by atoms with E-state index in [4.69, 9.17) is 9.15 Å². The van der Waals surface area contributed by atoms with Crippen molar-refractivity contribution in [2.45, 2.75) is 32.2 Å². The maximum absolute atomic E-state index is 12.7. The van der Waals surface area contributed by atoms with Crippen LogP contribution in [0.15, 0.2) is 69.9 Å². The van der Waals surface area contributed by atoms with Crippen molar-refractivity contribution in [1.29, 1.82) is 0 Å². The van der Waals surface area contributed by atoms with Crippen molar-refractivity contribution in [3.05, 3.63) is 76.5 Å². The largest absolute Gasteiger partial charge is 0.508 e. The molecule has 0 amide bonds. The number of unbranched alkanes of at least 4 members (excludes halogenated alkanes) is 3. The van der Waals surface area contributed by atoms with Gasteiger partial charge < -0.3 is 24.3 Å². The minimum atomic E-state index is -0.244. The van der Waals surface area contributed by atoms with Crippen LogP contribution in [0.1, 0.15) is 31.2 Å². The normalized spacial score (nSPS) is 11.5. The molecule has 1 heterocycles. The lowest BCUT2D eigenvalue weighted by atomic mass is 10.1. The predicted octanol–water partition coefficient (Wildman–Crippen LogP) is 5.43. The van der Waals surface area contributed by atoms with Crippen molar-refractivity contribution in [2.75, 3.05) is 20.2 Å². The fourth-order valence-corrected chi connectivity index (χ4v) is 3.98. The maximum Gasteiger partial charge on any atom is 0.204 e. The lowest BCUT2D eigenvalue weighted by Crippen LogP contribution is -2.19. The van der Waals surface area contributed by atoms with Crippen molar-refractivity contribution in [1.82, 2.24) is 4.90 Å². The van der Waals surface area contributed by atoms with Gasteiger partial charge in [0.25, 0.3) is 0 Å². The molecule has 4 rings (SSSR count). The second-order valence-electron chi connectivity index (χ2n) is 8.41. The Bertz CT molecular complexity index is 1280. The van der Waals surface area contributed by atoms with Gasteiger partial charge in [-0.15, -0.1) is 0 Å². The number of hydrogen-bond acceptors (Lipinski definition) is 6. The summed E-state index contributed by atoms with van der Waals surface area (Å²) in [5.74, 6) is 0.659. The molecule has 0 radical (unpaired) electrons. The first-order chi connectivity index (χ1) is 16.0. The van der Waals surface area contributed by atoms with E-state index in [1.165, 1.54) is 11.6 Å². The summed E-state index contributed by atoms with van der Waals surface area (Å²) in [6, 6.07) is 17.5. The highest BCUT2D eigenvalue weighted by atomic mass is 16.5. The quantitative estimate of drug-likeness (QED) is 0.249. The first kappa shape index (κ1) is 22.7. The van der Waals surface area contributed by atoms with Crippen LogP contribution in [-0.4, -0.2) is 35.3 Å². The number of ether oxygens (including phenoxy) is 1. The van der Waals surface area contributed by atoms with Gasteiger partial charge in [0, 0.05) is 18.7 Å². The summed E-state index contributed by atoms with van der Waals surface area (Å²) >= 11 is 0. The number of para-hydroxylation sites is 1. The van der Waals surface area contributed by atoms with E-state index in [1.54, 1.807) is 36.4 Å². The number of aromatic hydroxyl groups is 2. The van der Waals surface area contributed by atoms with Crippen LogP contribution in [-0.2, 0) is 6.54 Å². The Morgan fingerprint density at radius 1 is 0.909 bits per heavy atom. The first-order valence-corrected chi connectivity index (χ1v) is 11.3. The highest BCUT2D eigenvalue weighted by Gasteiger charge is 2.13. The minimum absolute atomic E-state index is 0.126. The molecule has 0 fully saturated rings. The molecule has 0 saturated carbocycles. The summed E-state index contributed by atoms with van der Waals surface area (Å²) in [6.07, 6.45) is 4.16. The lowest BCUT2D eigenvalue weighted by Gasteiger charge is -2.16. The molecule has 172 valence electrons. The van der Waals surface area contributed by atoms with E-state index in [0.29, 0.717) is 34.7 Å². The minimum Gasteiger partial charge on any atom is -0.508 e. The van der Waals surface area contributed by atoms with E-state index in [0.717, 1.165) is 38.8 Å². The third kappa shape index (κ3) is 5.65. The molecule has 2 N–H and O–H groups in total. The zero-order valence-electron chi connectivity index (χ0n) is 18.8. The van der Waals surface area contributed by atoms with Crippen LogP contribution in [0.25, 0.3) is 21.9 Å². The number of phenolic OH excluding ortho intramolecular Hbond substituents is 2. The third-order valence-electron chi connectivity index (χ3n) is 5.73. The molecule has 0 aliphatic rings. The van der Waals surface area contributed by atoms with Gasteiger partial charge in [-0.05, 0) is 56.3 Å². The predicted molar refractivity (Wildman–Crippen MR) is 130 cm³/mol. The average Bonchev–Trinajstić information content (AvgIpc) is 2.80. The van der Waals surface area contributed by atoms with Crippen LogP contribution >= 0.6 is 0 Å². The number of nitrogens with zero attached hydrogens (tertiary/aromatic N) is 1. The van der Waals surface area contributed by atoms with Crippen molar-refractivity contribution in [2.24, 2.45) is 0 Å². The van der Waals surface area contributed by atoms with Crippen LogP contribution in [0, 0.1) is 0 Å². The molecular formula is C27H29NO5. The zero-order chi connectivity index (χ0) is 23.2. The third-order valence-corrected chi connectivity index (χ3v) is 5.73. The van der Waals surface area contributed by atoms with E-state index in [9.17, 15) is 15.0 Å². The molecule has 6 heteroatoms. The summed E-state index contributed by atoms with van der Waals surface area (Å²) in [5.41, 5.74) is 1.75. The van der Waals surface area contributed by atoms with Crippen molar-refractivity contribution in [3.63, 3.8) is 0 Å². The molecule has 0 unspecified atom stereocenters. The molecule has 6 nitrogen and oxygen atoms in total. The molecule has 33 heavy (non-hydrogen) atoms. The molecule has 0 atom stereocenters. The van der Waals surface area contributed by atoms with Crippen LogP contribution in [0.4, 0.5) is 0 Å². The highest BCUT2D eigenvalue weighted by molar-refractivity contribution is 5.93. The van der Waals surface area contributed by atoms with Gasteiger partial charge in [-0.3, -0.25) is 4.79 Å². The monoisotopic (exact) mass is 447 g/mol. The summed E-state index contributed by atoms with van der Waals surface area (Å²) in [7, 11) is 2.10. The van der Waals surface area contributed by atoms with E-state index >= 15 is 0 Å². The lowest BCUT2D eigenvalue weighted by molar-refractivity contribution is 0.293. The summed E-state index contributed by atoms with van der Waals surface area (Å²) in [4.78, 5) is 14.9. The van der Waals surface area contributed by atoms with Gasteiger partial charge >= 0.3 is 0 Å². The van der Waals surface area contributed by atoms with E-state index in [2.05, 4.69) is 11.9 Å². The van der Waals surface area contributed by atoms with E-state index in [1.807, 2.05) is 18.2 Å². The van der Waals surface area contributed by atoms with Gasteiger partial charge in [-0.2, -0.15) is 0 Å². The Balaban J connectivity index is 1.23. The number of phenols is 2. The molecule has 1 aromatic heterocycles. The summed E-state index contributed by atoms with van der Waals surface area (Å²) < 4.78 is 11.6. The van der Waals surface area contributed by atoms with Gasteiger partial charge in [-0.1, -0.05) is 37.1 Å². The molecule has 3 aromatic carbocycles. The standard InChI is InChI=1S/C27H29NO5/c1-28(18-19-10-12-20(29)13-11-19)14-6-2-3-7-15-32-21-16-23(30)26-25(17-21)33-24-9-5-4-8-22(24)27(26)31/h4-5,8-13,16-17,29-30H,2-3,6-7,14-15,18H2,1H3. The molecule has 0 aliphatic heterocycles. The fourth-order valence-electron chi connectivity index (χ4n) is 3.98. The van der Waals surface area contributed by atoms with Gasteiger partial charge in [0.1, 0.15) is 33.8 Å². The highest BCUT2D eigenvalue weighted by Crippen LogP contribution is 2.30. The number of benzene rings is 3. The Morgan fingerprint density at radius 3 is 2.48 bits per heavy atom. The maximum atomic E-state index is 12.7. The molecule has 4 aromatic rings. The second-order valence-corrected chi connectivity index (χ2v) is 8.41. The van der Waals surface area contributed by atoms with Crippen molar-refractivity contribution in [3.8, 4) is 17.2 Å². The van der Waals surface area contributed by atoms with Crippen LogP contribution < -0.4 is 10.2 Å². The first-order valence-electron chi connectivity index (χ1n) is 11.3. The number of rotatable bonds is 10. The fraction of sp³-hybridized carbons (Fsp3) is 0.296. The van der Waals surface area contributed by atoms with Gasteiger partial charge in [0.05, 0.1) is 12.0 Å².